The van der Waals surface area contributed by atoms with Gasteiger partial charge in [0.15, 0.2) is 0 Å². The first-order valence-corrected chi connectivity index (χ1v) is 7.27. The molecule has 2 aromatic rings. The Kier molecular flexibility index (Phi) is 14.9. The Hall–Kier alpha value is -0.357. The molecule has 20 heavy (non-hydrogen) atoms. The number of allylic oxidation sites excluding steroid dienone is 4. The van der Waals surface area contributed by atoms with Crippen LogP contribution in [0.15, 0.2) is 60.7 Å². The SMILES string of the molecule is C[C](C)=[Zr+2].Cl.Cl.[C-]1=CC=CC1.c1ccc2[cH-]ccc2c1. The summed E-state index contributed by atoms with van der Waals surface area (Å²) in [7, 11) is 0. The molecule has 2 aromatic carbocycles. The van der Waals surface area contributed by atoms with Crippen LogP contribution in [0.3, 0.4) is 0 Å². The maximum Gasteiger partial charge on any atom is -0.0809 e. The predicted octanol–water partition coefficient (Wildman–Crippen LogP) is 5.45. The summed E-state index contributed by atoms with van der Waals surface area (Å²) >= 11 is 1.55. The predicted molar refractivity (Wildman–Crippen MR) is 92.0 cm³/mol. The minimum Gasteiger partial charge on any atom is -0.273 e. The molecule has 0 aromatic heterocycles. The number of fused-ring (bicyclic) bond motifs is 1. The summed E-state index contributed by atoms with van der Waals surface area (Å²) in [5.41, 5.74) is 0. The van der Waals surface area contributed by atoms with E-state index in [1.165, 1.54) is 14.0 Å². The number of hydrogen-bond donors (Lipinski definition) is 0. The molecule has 0 saturated heterocycles. The number of benzene rings is 1. The summed E-state index contributed by atoms with van der Waals surface area (Å²) in [5.74, 6) is 0. The van der Waals surface area contributed by atoms with E-state index in [-0.39, 0.29) is 24.8 Å². The van der Waals surface area contributed by atoms with Crippen molar-refractivity contribution in [2.45, 2.75) is 20.3 Å². The van der Waals surface area contributed by atoms with Gasteiger partial charge in [0, 0.05) is 0 Å². The van der Waals surface area contributed by atoms with Crippen molar-refractivity contribution in [1.82, 2.24) is 0 Å². The minimum atomic E-state index is 0. The van der Waals surface area contributed by atoms with E-state index in [1.807, 2.05) is 12.2 Å². The van der Waals surface area contributed by atoms with Crippen LogP contribution < -0.4 is 0 Å². The zero-order valence-corrected chi connectivity index (χ0v) is 15.9. The fourth-order valence-corrected chi connectivity index (χ4v) is 1.41. The van der Waals surface area contributed by atoms with Crippen molar-refractivity contribution in [3.63, 3.8) is 0 Å². The van der Waals surface area contributed by atoms with Crippen LogP contribution in [0.1, 0.15) is 20.3 Å². The summed E-state index contributed by atoms with van der Waals surface area (Å²) in [6.45, 7) is 4.25. The van der Waals surface area contributed by atoms with Gasteiger partial charge in [0.1, 0.15) is 0 Å². The quantitative estimate of drug-likeness (QED) is 0.528. The average Bonchev–Trinajstić information content (AvgIpc) is 3.03. The molecule has 0 N–H and O–H groups in total. The summed E-state index contributed by atoms with van der Waals surface area (Å²) in [6, 6.07) is 14.7. The smallest absolute Gasteiger partial charge is 0.0809 e. The molecule has 0 atom stereocenters. The molecule has 106 valence electrons. The van der Waals surface area contributed by atoms with Gasteiger partial charge in [-0.1, -0.05) is 6.07 Å². The van der Waals surface area contributed by atoms with Crippen molar-refractivity contribution in [1.29, 1.82) is 0 Å². The summed E-state index contributed by atoms with van der Waals surface area (Å²) in [4.78, 5) is 0. The van der Waals surface area contributed by atoms with Gasteiger partial charge in [-0.25, -0.2) is 12.2 Å². The van der Waals surface area contributed by atoms with E-state index in [9.17, 15) is 0 Å². The molecule has 0 heterocycles. The number of hydrogen-bond acceptors (Lipinski definition) is 0. The Bertz CT molecular complexity index is 494. The molecule has 1 aliphatic carbocycles. The van der Waals surface area contributed by atoms with Crippen molar-refractivity contribution in [2.24, 2.45) is 0 Å². The Morgan fingerprint density at radius 3 is 2.25 bits per heavy atom. The van der Waals surface area contributed by atoms with E-state index in [1.54, 1.807) is 24.2 Å². The Morgan fingerprint density at radius 1 is 1.15 bits per heavy atom. The van der Waals surface area contributed by atoms with Crippen LogP contribution in [-0.2, 0) is 24.2 Å². The number of rotatable bonds is 0. The largest absolute Gasteiger partial charge is 0.273 e. The van der Waals surface area contributed by atoms with E-state index < -0.39 is 0 Å². The van der Waals surface area contributed by atoms with Gasteiger partial charge in [-0.05, 0) is 0 Å². The second kappa shape index (κ2) is 13.6. The molecule has 3 rings (SSSR count). The Morgan fingerprint density at radius 2 is 1.80 bits per heavy atom. The van der Waals surface area contributed by atoms with Crippen LogP contribution >= 0.6 is 24.8 Å². The standard InChI is InChI=1S/C9H7.C5H5.C3H6.2ClH.Zr/c1-2-5-9-7-3-6-8(9)4-1;1-2-4-5-3-1;1-3-2;;;/h1-7H;1-3H,4H2;1-2H3;2*1H;/q2*-1;;;;+2. The summed E-state index contributed by atoms with van der Waals surface area (Å²) in [6.07, 6.45) is 10.0. The summed E-state index contributed by atoms with van der Waals surface area (Å²) < 4.78 is 1.51. The maximum absolute atomic E-state index is 2.99. The minimum absolute atomic E-state index is 0. The third-order valence-electron chi connectivity index (χ3n) is 2.13. The van der Waals surface area contributed by atoms with Crippen molar-refractivity contribution in [3.05, 3.63) is 66.8 Å². The zero-order chi connectivity index (χ0) is 13.2. The summed E-state index contributed by atoms with van der Waals surface area (Å²) in [5, 5.41) is 2.66. The van der Waals surface area contributed by atoms with E-state index in [0.29, 0.717) is 0 Å². The molecule has 0 unspecified atom stereocenters. The molecule has 1 aliphatic rings. The second-order valence-corrected chi connectivity index (χ2v) is 6.62. The first kappa shape index (κ1) is 21.9. The van der Waals surface area contributed by atoms with Crippen molar-refractivity contribution < 1.29 is 24.2 Å². The molecule has 0 aliphatic heterocycles. The Balaban J connectivity index is 0. The van der Waals surface area contributed by atoms with E-state index in [4.69, 9.17) is 0 Å². The fraction of sp³-hybridized carbons (Fsp3) is 0.176. The van der Waals surface area contributed by atoms with E-state index >= 15 is 0 Å². The average molecular weight is 386 g/mol. The van der Waals surface area contributed by atoms with Gasteiger partial charge in [0.05, 0.1) is 0 Å². The second-order valence-electron chi connectivity index (χ2n) is 4.16. The zero-order valence-electron chi connectivity index (χ0n) is 11.8. The molecule has 0 amide bonds. The molecule has 0 spiro atoms. The fourth-order valence-electron chi connectivity index (χ4n) is 1.41. The molecule has 0 bridgehead atoms. The van der Waals surface area contributed by atoms with Gasteiger partial charge < -0.3 is 0 Å². The molecule has 0 fully saturated rings. The normalized spacial score (nSPS) is 10.4. The molecule has 0 nitrogen and oxygen atoms in total. The molecular weight excluding hydrogens is 366 g/mol. The van der Waals surface area contributed by atoms with Gasteiger partial charge >= 0.3 is 41.3 Å². The van der Waals surface area contributed by atoms with Crippen LogP contribution in [0.5, 0.6) is 0 Å². The van der Waals surface area contributed by atoms with Crippen molar-refractivity contribution >= 4 is 38.8 Å². The Labute approximate surface area is 149 Å². The van der Waals surface area contributed by atoms with E-state index in [2.05, 4.69) is 68.5 Å². The van der Waals surface area contributed by atoms with E-state index in [0.717, 1.165) is 6.42 Å². The van der Waals surface area contributed by atoms with Crippen LogP contribution in [0.4, 0.5) is 0 Å². The molecule has 0 saturated carbocycles. The first-order valence-electron chi connectivity index (χ1n) is 6.04. The molecular formula is C17H20Cl2Zr. The van der Waals surface area contributed by atoms with Gasteiger partial charge in [-0.3, -0.25) is 6.08 Å². The third-order valence-corrected chi connectivity index (χ3v) is 2.13. The van der Waals surface area contributed by atoms with Gasteiger partial charge in [-0.2, -0.15) is 23.6 Å². The maximum atomic E-state index is 2.99. The monoisotopic (exact) mass is 384 g/mol. The van der Waals surface area contributed by atoms with Gasteiger partial charge in [0.2, 0.25) is 0 Å². The van der Waals surface area contributed by atoms with Crippen LogP contribution in [0, 0.1) is 6.08 Å². The van der Waals surface area contributed by atoms with Crippen molar-refractivity contribution in [2.75, 3.05) is 0 Å². The van der Waals surface area contributed by atoms with Crippen LogP contribution in [0.25, 0.3) is 10.8 Å². The van der Waals surface area contributed by atoms with Gasteiger partial charge in [-0.15, -0.1) is 60.9 Å². The number of halogens is 2. The third kappa shape index (κ3) is 10.4. The van der Waals surface area contributed by atoms with Gasteiger partial charge in [0.25, 0.3) is 0 Å². The molecule has 0 radical (unpaired) electrons. The van der Waals surface area contributed by atoms with Crippen LogP contribution in [0.2, 0.25) is 0 Å². The van der Waals surface area contributed by atoms with Crippen LogP contribution in [-0.4, -0.2) is 3.21 Å². The topological polar surface area (TPSA) is 0 Å². The first-order chi connectivity index (χ1) is 8.70. The molecule has 3 heteroatoms. The van der Waals surface area contributed by atoms with Crippen molar-refractivity contribution in [3.8, 4) is 0 Å².